The summed E-state index contributed by atoms with van der Waals surface area (Å²) in [5.74, 6) is 0.755. The Morgan fingerprint density at radius 1 is 1.27 bits per heavy atom. The van der Waals surface area contributed by atoms with E-state index in [9.17, 15) is 9.90 Å². The van der Waals surface area contributed by atoms with Crippen LogP contribution in [0.3, 0.4) is 0 Å². The highest BCUT2D eigenvalue weighted by Crippen LogP contribution is 2.28. The van der Waals surface area contributed by atoms with Crippen LogP contribution in [0, 0.1) is 6.92 Å². The van der Waals surface area contributed by atoms with Gasteiger partial charge < -0.3 is 10.1 Å². The maximum absolute atomic E-state index is 12.8. The Morgan fingerprint density at radius 3 is 2.70 bits per heavy atom. The molecule has 3 aromatic rings. The Kier molecular flexibility index (Phi) is 6.67. The van der Waals surface area contributed by atoms with E-state index in [1.807, 2.05) is 29.8 Å². The van der Waals surface area contributed by atoms with Crippen LogP contribution in [-0.4, -0.2) is 48.3 Å². The summed E-state index contributed by atoms with van der Waals surface area (Å²) in [5, 5.41) is 23.2. The largest absolute Gasteiger partial charge is 0.395 e. The van der Waals surface area contributed by atoms with Crippen LogP contribution in [0.5, 0.6) is 0 Å². The molecule has 0 spiro atoms. The molecule has 30 heavy (non-hydrogen) atoms. The Bertz CT molecular complexity index is 1050. The highest BCUT2D eigenvalue weighted by atomic mass is 16.3. The van der Waals surface area contributed by atoms with Crippen molar-refractivity contribution in [3.8, 4) is 0 Å². The molecule has 3 rings (SSSR count). The molecule has 0 bridgehead atoms. The molecule has 0 aliphatic rings. The first kappa shape index (κ1) is 22.1. The number of aliphatic hydroxyl groups is 1. The van der Waals surface area contributed by atoms with Crippen molar-refractivity contribution in [2.45, 2.75) is 65.6 Å². The number of hydrogen-bond donors (Lipinski definition) is 2. The number of H-pyrrole nitrogens is 1. The van der Waals surface area contributed by atoms with Gasteiger partial charge in [-0.3, -0.25) is 9.69 Å². The molecule has 0 aliphatic heterocycles. The summed E-state index contributed by atoms with van der Waals surface area (Å²) < 4.78 is 1.84. The van der Waals surface area contributed by atoms with E-state index in [-0.39, 0.29) is 23.7 Å². The van der Waals surface area contributed by atoms with Gasteiger partial charge in [0.2, 0.25) is 0 Å². The van der Waals surface area contributed by atoms with Gasteiger partial charge in [-0.05, 0) is 68.1 Å². The van der Waals surface area contributed by atoms with Gasteiger partial charge in [-0.25, -0.2) is 4.68 Å². The van der Waals surface area contributed by atoms with Crippen LogP contribution in [0.25, 0.3) is 10.9 Å². The van der Waals surface area contributed by atoms with E-state index >= 15 is 0 Å². The summed E-state index contributed by atoms with van der Waals surface area (Å²) in [5.41, 5.74) is 2.25. The van der Waals surface area contributed by atoms with Gasteiger partial charge in [-0.15, -0.1) is 5.10 Å². The van der Waals surface area contributed by atoms with Crippen LogP contribution >= 0.6 is 0 Å². The van der Waals surface area contributed by atoms with Gasteiger partial charge in [0.15, 0.2) is 5.82 Å². The molecule has 1 atom stereocenters. The molecule has 162 valence electrons. The lowest BCUT2D eigenvalue weighted by molar-refractivity contribution is 0.123. The molecule has 0 saturated heterocycles. The average molecular weight is 413 g/mol. The summed E-state index contributed by atoms with van der Waals surface area (Å²) >= 11 is 0. The predicted molar refractivity (Wildman–Crippen MR) is 117 cm³/mol. The van der Waals surface area contributed by atoms with Crippen molar-refractivity contribution in [3.05, 3.63) is 51.6 Å². The first-order chi connectivity index (χ1) is 14.2. The zero-order valence-electron chi connectivity index (χ0n) is 18.5. The van der Waals surface area contributed by atoms with E-state index < -0.39 is 0 Å². The van der Waals surface area contributed by atoms with Gasteiger partial charge in [0.05, 0.1) is 18.2 Å². The van der Waals surface area contributed by atoms with E-state index in [1.54, 1.807) is 0 Å². The van der Waals surface area contributed by atoms with E-state index in [4.69, 9.17) is 0 Å². The van der Waals surface area contributed by atoms with Gasteiger partial charge in [0, 0.05) is 24.2 Å². The molecule has 1 aromatic carbocycles. The summed E-state index contributed by atoms with van der Waals surface area (Å²) in [4.78, 5) is 17.8. The third-order valence-corrected chi connectivity index (χ3v) is 5.27. The van der Waals surface area contributed by atoms with Crippen LogP contribution in [0.1, 0.15) is 63.5 Å². The summed E-state index contributed by atoms with van der Waals surface area (Å²) in [6.07, 6.45) is 1.75. The van der Waals surface area contributed by atoms with E-state index in [0.29, 0.717) is 18.7 Å². The molecule has 0 amide bonds. The monoisotopic (exact) mass is 412 g/mol. The van der Waals surface area contributed by atoms with Crippen molar-refractivity contribution in [2.24, 2.45) is 0 Å². The predicted octanol–water partition coefficient (Wildman–Crippen LogP) is 2.91. The Balaban J connectivity index is 2.01. The number of benzene rings is 1. The molecule has 8 heteroatoms. The van der Waals surface area contributed by atoms with Crippen molar-refractivity contribution in [1.82, 2.24) is 30.1 Å². The van der Waals surface area contributed by atoms with E-state index in [2.05, 4.69) is 59.2 Å². The fourth-order valence-corrected chi connectivity index (χ4v) is 3.81. The second-order valence-electron chi connectivity index (χ2n) is 8.83. The third-order valence-electron chi connectivity index (χ3n) is 5.27. The van der Waals surface area contributed by atoms with Gasteiger partial charge in [-0.1, -0.05) is 25.0 Å². The minimum atomic E-state index is -0.270. The van der Waals surface area contributed by atoms with Crippen LogP contribution in [0.4, 0.5) is 0 Å². The molecular formula is C22H32N6O2. The van der Waals surface area contributed by atoms with Crippen molar-refractivity contribution in [1.29, 1.82) is 0 Å². The number of aryl methyl sites for hydroxylation is 1. The topological polar surface area (TPSA) is 99.9 Å². The number of aliphatic hydroxyl groups excluding tert-OH is 1. The van der Waals surface area contributed by atoms with Gasteiger partial charge in [0.25, 0.3) is 5.56 Å². The second-order valence-corrected chi connectivity index (χ2v) is 8.83. The molecule has 2 aromatic heterocycles. The number of tetrazole rings is 1. The quantitative estimate of drug-likeness (QED) is 0.590. The number of aromatic nitrogens is 5. The van der Waals surface area contributed by atoms with Crippen LogP contribution in [0.2, 0.25) is 0 Å². The van der Waals surface area contributed by atoms with Crippen molar-refractivity contribution < 1.29 is 5.11 Å². The van der Waals surface area contributed by atoms with Crippen LogP contribution < -0.4 is 5.56 Å². The van der Waals surface area contributed by atoms with Crippen LogP contribution in [-0.2, 0) is 12.1 Å². The maximum atomic E-state index is 12.8. The molecule has 2 N–H and O–H groups in total. The fourth-order valence-electron chi connectivity index (χ4n) is 3.81. The third kappa shape index (κ3) is 4.76. The lowest BCUT2D eigenvalue weighted by Crippen LogP contribution is -2.37. The minimum absolute atomic E-state index is 0.0120. The van der Waals surface area contributed by atoms with Crippen molar-refractivity contribution >= 4 is 10.9 Å². The Hall–Kier alpha value is -2.58. The summed E-state index contributed by atoms with van der Waals surface area (Å²) in [7, 11) is 0. The first-order valence-electron chi connectivity index (χ1n) is 10.5. The highest BCUT2D eigenvalue weighted by molar-refractivity contribution is 5.79. The van der Waals surface area contributed by atoms with Gasteiger partial charge in [0.1, 0.15) is 0 Å². The van der Waals surface area contributed by atoms with Gasteiger partial charge >= 0.3 is 0 Å². The number of rotatable bonds is 8. The Morgan fingerprint density at radius 2 is 2.03 bits per heavy atom. The average Bonchev–Trinajstić information content (AvgIpc) is 3.16. The molecule has 8 nitrogen and oxygen atoms in total. The standard InChI is InChI=1S/C22H32N6O2/c1-6-7-19(20-24-25-26-28(20)22(3,4)5)27(10-11-29)14-17-13-16-12-15(2)8-9-18(16)23-21(17)30/h8-9,12-13,19,29H,6-7,10-11,14H2,1-5H3,(H,23,30)/t19-/m0/s1. The molecule has 0 unspecified atom stereocenters. The fraction of sp³-hybridized carbons (Fsp3) is 0.545. The Labute approximate surface area is 176 Å². The van der Waals surface area contributed by atoms with E-state index in [0.717, 1.165) is 35.1 Å². The lowest BCUT2D eigenvalue weighted by Gasteiger charge is -2.32. The lowest BCUT2D eigenvalue weighted by atomic mass is 10.0. The molecule has 2 heterocycles. The number of hydrogen-bond acceptors (Lipinski definition) is 6. The minimum Gasteiger partial charge on any atom is -0.395 e. The molecule has 0 radical (unpaired) electrons. The maximum Gasteiger partial charge on any atom is 0.252 e. The molecule has 0 fully saturated rings. The zero-order valence-corrected chi connectivity index (χ0v) is 18.5. The summed E-state index contributed by atoms with van der Waals surface area (Å²) in [6.45, 7) is 11.1. The summed E-state index contributed by atoms with van der Waals surface area (Å²) in [6, 6.07) is 7.82. The highest BCUT2D eigenvalue weighted by Gasteiger charge is 2.29. The van der Waals surface area contributed by atoms with Gasteiger partial charge in [-0.2, -0.15) is 0 Å². The number of nitrogens with zero attached hydrogens (tertiary/aromatic N) is 5. The number of pyridine rings is 1. The second kappa shape index (κ2) is 9.06. The zero-order chi connectivity index (χ0) is 21.9. The SMILES string of the molecule is CCC[C@@H](c1nnnn1C(C)(C)C)N(CCO)Cc1cc2cc(C)ccc2[nH]c1=O. The molecule has 0 aliphatic carbocycles. The smallest absolute Gasteiger partial charge is 0.252 e. The molecular weight excluding hydrogens is 380 g/mol. The first-order valence-corrected chi connectivity index (χ1v) is 10.5. The number of fused-ring (bicyclic) bond motifs is 1. The molecule has 0 saturated carbocycles. The van der Waals surface area contributed by atoms with Crippen molar-refractivity contribution in [3.63, 3.8) is 0 Å². The number of nitrogens with one attached hydrogen (secondary N) is 1. The van der Waals surface area contributed by atoms with Crippen LogP contribution in [0.15, 0.2) is 29.1 Å². The van der Waals surface area contributed by atoms with E-state index in [1.165, 1.54) is 0 Å². The number of aromatic amines is 1. The normalized spacial score (nSPS) is 13.3. The van der Waals surface area contributed by atoms with Crippen molar-refractivity contribution in [2.75, 3.05) is 13.2 Å².